The van der Waals surface area contributed by atoms with E-state index < -0.39 is 5.66 Å². The first-order valence-electron chi connectivity index (χ1n) is 7.39. The van der Waals surface area contributed by atoms with Gasteiger partial charge in [-0.1, -0.05) is 6.42 Å². The summed E-state index contributed by atoms with van der Waals surface area (Å²) >= 11 is 0. The number of nitrogens with two attached hydrogens (primary N) is 2. The molecule has 2 aliphatic rings. The van der Waals surface area contributed by atoms with E-state index in [2.05, 4.69) is 9.98 Å². The highest BCUT2D eigenvalue weighted by Gasteiger charge is 2.43. The van der Waals surface area contributed by atoms with Crippen LogP contribution < -0.4 is 21.1 Å². The maximum atomic E-state index is 14.4. The Hall–Kier alpha value is -2.31. The minimum atomic E-state index is -0.651. The van der Waals surface area contributed by atoms with E-state index in [-0.39, 0.29) is 17.7 Å². The number of hydrogen-bond donors (Lipinski definition) is 2. The molecule has 22 heavy (non-hydrogen) atoms. The van der Waals surface area contributed by atoms with E-state index in [1.165, 1.54) is 13.2 Å². The molecule has 4 N–H and O–H groups in total. The molecular weight excluding hydrogens is 285 g/mol. The van der Waals surface area contributed by atoms with Gasteiger partial charge in [0.15, 0.2) is 0 Å². The second-order valence-corrected chi connectivity index (χ2v) is 5.64. The Bertz CT molecular complexity index is 637. The van der Waals surface area contributed by atoms with Crippen molar-refractivity contribution in [2.75, 3.05) is 12.0 Å². The van der Waals surface area contributed by atoms with Crippen LogP contribution in [-0.4, -0.2) is 24.7 Å². The minimum Gasteiger partial charge on any atom is -0.497 e. The first-order valence-corrected chi connectivity index (χ1v) is 7.39. The van der Waals surface area contributed by atoms with Crippen molar-refractivity contribution in [3.8, 4) is 5.75 Å². The van der Waals surface area contributed by atoms with Gasteiger partial charge in [0, 0.05) is 6.07 Å². The third-order valence-corrected chi connectivity index (χ3v) is 4.25. The molecule has 0 atom stereocenters. The average Bonchev–Trinajstić information content (AvgIpc) is 2.49. The van der Waals surface area contributed by atoms with Gasteiger partial charge in [-0.2, -0.15) is 4.99 Å². The fraction of sp³-hybridized carbons (Fsp3) is 0.467. The number of rotatable bonds is 2. The molecule has 0 saturated heterocycles. The SMILES string of the molecule is COc1ccc(F)c(N2C(N)=NC(N)=NC23CCCCC3)c1. The van der Waals surface area contributed by atoms with Crippen LogP contribution >= 0.6 is 0 Å². The van der Waals surface area contributed by atoms with Crippen molar-refractivity contribution in [3.05, 3.63) is 24.0 Å². The number of anilines is 1. The Morgan fingerprint density at radius 2 is 1.95 bits per heavy atom. The van der Waals surface area contributed by atoms with Crippen molar-refractivity contribution in [2.24, 2.45) is 21.5 Å². The molecule has 1 fully saturated rings. The highest BCUT2D eigenvalue weighted by molar-refractivity contribution is 6.05. The molecule has 0 amide bonds. The van der Waals surface area contributed by atoms with Gasteiger partial charge in [0.1, 0.15) is 17.2 Å². The zero-order valence-corrected chi connectivity index (χ0v) is 12.6. The largest absolute Gasteiger partial charge is 0.497 e. The van der Waals surface area contributed by atoms with Crippen molar-refractivity contribution in [2.45, 2.75) is 37.8 Å². The smallest absolute Gasteiger partial charge is 0.220 e. The molecule has 1 aromatic carbocycles. The Labute approximate surface area is 128 Å². The Morgan fingerprint density at radius 3 is 2.64 bits per heavy atom. The lowest BCUT2D eigenvalue weighted by molar-refractivity contribution is 0.303. The molecule has 1 saturated carbocycles. The van der Waals surface area contributed by atoms with Gasteiger partial charge in [-0.15, -0.1) is 0 Å². The van der Waals surface area contributed by atoms with Gasteiger partial charge >= 0.3 is 0 Å². The van der Waals surface area contributed by atoms with Crippen molar-refractivity contribution < 1.29 is 9.13 Å². The van der Waals surface area contributed by atoms with Crippen molar-refractivity contribution in [3.63, 3.8) is 0 Å². The van der Waals surface area contributed by atoms with E-state index in [0.717, 1.165) is 32.1 Å². The number of halogens is 1. The van der Waals surface area contributed by atoms with Gasteiger partial charge < -0.3 is 16.2 Å². The fourth-order valence-corrected chi connectivity index (χ4v) is 3.26. The first kappa shape index (κ1) is 14.6. The van der Waals surface area contributed by atoms with E-state index in [0.29, 0.717) is 11.4 Å². The fourth-order valence-electron chi connectivity index (χ4n) is 3.26. The van der Waals surface area contributed by atoms with E-state index in [1.54, 1.807) is 17.0 Å². The number of ether oxygens (including phenoxy) is 1. The molecule has 3 rings (SSSR count). The van der Waals surface area contributed by atoms with Crippen molar-refractivity contribution in [1.82, 2.24) is 0 Å². The first-order chi connectivity index (χ1) is 10.6. The molecule has 1 spiro atoms. The van der Waals surface area contributed by atoms with Gasteiger partial charge in [0.25, 0.3) is 0 Å². The molecule has 0 aromatic heterocycles. The highest BCUT2D eigenvalue weighted by Crippen LogP contribution is 2.41. The van der Waals surface area contributed by atoms with Crippen LogP contribution in [-0.2, 0) is 0 Å². The van der Waals surface area contributed by atoms with Crippen LogP contribution in [0.5, 0.6) is 5.75 Å². The number of aliphatic imine (C=N–C) groups is 2. The summed E-state index contributed by atoms with van der Waals surface area (Å²) in [4.78, 5) is 10.2. The zero-order valence-electron chi connectivity index (χ0n) is 12.6. The maximum Gasteiger partial charge on any atom is 0.220 e. The number of benzene rings is 1. The molecule has 0 radical (unpaired) electrons. The number of nitrogens with zero attached hydrogens (tertiary/aromatic N) is 3. The standard InChI is InChI=1S/C15H20FN5O/c1-22-10-5-6-11(16)12(9-10)21-14(18)19-13(17)20-15(21)7-3-2-4-8-15/h5-6,9H,2-4,7-8H2,1H3,(H4,17,18,19,20). The molecule has 0 unspecified atom stereocenters. The molecular formula is C15H20FN5O. The van der Waals surface area contributed by atoms with Gasteiger partial charge in [-0.25, -0.2) is 9.38 Å². The highest BCUT2D eigenvalue weighted by atomic mass is 19.1. The van der Waals surface area contributed by atoms with Crippen LogP contribution in [0.4, 0.5) is 10.1 Å². The molecule has 6 nitrogen and oxygen atoms in total. The molecule has 118 valence electrons. The lowest BCUT2D eigenvalue weighted by Crippen LogP contribution is -2.58. The van der Waals surface area contributed by atoms with Crippen LogP contribution in [0.2, 0.25) is 0 Å². The number of methoxy groups -OCH3 is 1. The third-order valence-electron chi connectivity index (χ3n) is 4.25. The quantitative estimate of drug-likeness (QED) is 0.874. The number of guanidine groups is 2. The predicted molar refractivity (Wildman–Crippen MR) is 84.5 cm³/mol. The van der Waals surface area contributed by atoms with Crippen LogP contribution in [0.25, 0.3) is 0 Å². The maximum absolute atomic E-state index is 14.4. The second-order valence-electron chi connectivity index (χ2n) is 5.64. The Balaban J connectivity index is 2.12. The van der Waals surface area contributed by atoms with Crippen molar-refractivity contribution >= 4 is 17.6 Å². The third kappa shape index (κ3) is 2.36. The summed E-state index contributed by atoms with van der Waals surface area (Å²) in [6.45, 7) is 0. The minimum absolute atomic E-state index is 0.152. The molecule has 0 bridgehead atoms. The summed E-state index contributed by atoms with van der Waals surface area (Å²) < 4.78 is 19.6. The summed E-state index contributed by atoms with van der Waals surface area (Å²) in [6.07, 6.45) is 4.64. The molecule has 1 heterocycles. The van der Waals surface area contributed by atoms with Crippen LogP contribution in [0.1, 0.15) is 32.1 Å². The molecule has 1 aliphatic carbocycles. The normalized spacial score (nSPS) is 20.5. The van der Waals surface area contributed by atoms with Crippen molar-refractivity contribution in [1.29, 1.82) is 0 Å². The second kappa shape index (κ2) is 5.47. The van der Waals surface area contributed by atoms with Gasteiger partial charge in [-0.05, 0) is 37.8 Å². The Morgan fingerprint density at radius 1 is 1.23 bits per heavy atom. The van der Waals surface area contributed by atoms with E-state index in [4.69, 9.17) is 16.2 Å². The molecule has 1 aromatic rings. The summed E-state index contributed by atoms with van der Waals surface area (Å²) in [7, 11) is 1.54. The lowest BCUT2D eigenvalue weighted by Gasteiger charge is -2.45. The summed E-state index contributed by atoms with van der Waals surface area (Å²) in [5, 5.41) is 0. The summed E-state index contributed by atoms with van der Waals surface area (Å²) in [5.41, 5.74) is 11.5. The van der Waals surface area contributed by atoms with Gasteiger partial charge in [-0.3, -0.25) is 4.90 Å². The number of hydrogen-bond acceptors (Lipinski definition) is 6. The summed E-state index contributed by atoms with van der Waals surface area (Å²) in [6, 6.07) is 4.55. The zero-order chi connectivity index (χ0) is 15.7. The topological polar surface area (TPSA) is 89.2 Å². The lowest BCUT2D eigenvalue weighted by atomic mass is 9.87. The molecule has 1 aliphatic heterocycles. The summed E-state index contributed by atoms with van der Waals surface area (Å²) in [5.74, 6) is 0.484. The van der Waals surface area contributed by atoms with Gasteiger partial charge in [0.2, 0.25) is 11.9 Å². The average molecular weight is 305 g/mol. The molecule has 7 heteroatoms. The Kier molecular flexibility index (Phi) is 3.64. The van der Waals surface area contributed by atoms with E-state index in [9.17, 15) is 4.39 Å². The van der Waals surface area contributed by atoms with Crippen LogP contribution in [0.15, 0.2) is 28.2 Å². The van der Waals surface area contributed by atoms with Gasteiger partial charge in [0.05, 0.1) is 12.8 Å². The van der Waals surface area contributed by atoms with Crippen LogP contribution in [0, 0.1) is 5.82 Å². The van der Waals surface area contributed by atoms with Crippen LogP contribution in [0.3, 0.4) is 0 Å². The predicted octanol–water partition coefficient (Wildman–Crippen LogP) is 1.94. The van der Waals surface area contributed by atoms with E-state index >= 15 is 0 Å². The monoisotopic (exact) mass is 305 g/mol. The van der Waals surface area contributed by atoms with E-state index in [1.807, 2.05) is 0 Å².